The normalized spacial score (nSPS) is 14.2. The topological polar surface area (TPSA) is 135 Å². The highest BCUT2D eigenvalue weighted by atomic mass is 19.1. The van der Waals surface area contributed by atoms with Gasteiger partial charge in [-0.15, -0.1) is 0 Å². The number of anilines is 1. The van der Waals surface area contributed by atoms with E-state index in [1.54, 1.807) is 19.1 Å². The number of nitrogens with one attached hydrogen (secondary N) is 3. The van der Waals surface area contributed by atoms with Gasteiger partial charge in [-0.2, -0.15) is 0 Å². The van der Waals surface area contributed by atoms with Crippen LogP contribution in [0.1, 0.15) is 60.1 Å². The number of aryl methyl sites for hydroxylation is 1. The predicted molar refractivity (Wildman–Crippen MR) is 137 cm³/mol. The monoisotopic (exact) mass is 502 g/mol. The highest BCUT2D eigenvalue weighted by Gasteiger charge is 2.26. The smallest absolute Gasteiger partial charge is 0.332 e. The maximum absolute atomic E-state index is 13.7. The molecule has 36 heavy (non-hydrogen) atoms. The molecule has 2 heterocycles. The Bertz CT molecular complexity index is 1140. The number of aliphatic hydroxyl groups excluding tert-OH is 1. The van der Waals surface area contributed by atoms with E-state index in [2.05, 4.69) is 34.4 Å². The third kappa shape index (κ3) is 7.02. The first kappa shape index (κ1) is 28.7. The van der Waals surface area contributed by atoms with Crippen LogP contribution in [-0.2, 0) is 9.59 Å². The molecule has 2 amide bonds. The number of aromatic nitrogens is 1. The summed E-state index contributed by atoms with van der Waals surface area (Å²) in [5.74, 6) is -1.99. The summed E-state index contributed by atoms with van der Waals surface area (Å²) in [5.41, 5.74) is 4.20. The van der Waals surface area contributed by atoms with E-state index >= 15 is 0 Å². The van der Waals surface area contributed by atoms with Gasteiger partial charge in [0.25, 0.3) is 11.8 Å². The summed E-state index contributed by atoms with van der Waals surface area (Å²) in [6.07, 6.45) is 0.769. The standard InChI is InChI=1S/C22H27FN4O2.C4H8O3/c1-5-27(6-2)10-9-24-22(29)20-13(3)19(25-14(20)4)12-17-16-11-15(23)7-8-18(16)26-21(17)28;1-2-3(5)4(6)7/h7-8,11-12,25H,5-6,9-10H2,1-4H3,(H,24,29)(H,26,28);3,5H,2H2,1H3,(H,6,7)/b17-12-;/t;3-/m.1/s1. The number of amides is 2. The second-order valence-electron chi connectivity index (χ2n) is 8.41. The zero-order valence-corrected chi connectivity index (χ0v) is 21.4. The molecule has 0 bridgehead atoms. The molecular formula is C26H35FN4O5. The molecule has 10 heteroatoms. The summed E-state index contributed by atoms with van der Waals surface area (Å²) < 4.78 is 13.7. The number of carboxylic acids is 1. The largest absolute Gasteiger partial charge is 0.479 e. The molecule has 1 aliphatic rings. The Morgan fingerprint density at radius 3 is 2.42 bits per heavy atom. The molecule has 1 aliphatic heterocycles. The average molecular weight is 503 g/mol. The number of aliphatic hydroxyl groups is 1. The lowest BCUT2D eigenvalue weighted by Crippen LogP contribution is -2.35. The average Bonchev–Trinajstić information content (AvgIpc) is 3.30. The molecule has 0 saturated carbocycles. The summed E-state index contributed by atoms with van der Waals surface area (Å²) in [5, 5.41) is 22.0. The van der Waals surface area contributed by atoms with Crippen molar-refractivity contribution in [2.24, 2.45) is 0 Å². The van der Waals surface area contributed by atoms with Gasteiger partial charge in [0.1, 0.15) is 5.82 Å². The summed E-state index contributed by atoms with van der Waals surface area (Å²) >= 11 is 0. The number of rotatable bonds is 9. The van der Waals surface area contributed by atoms with Gasteiger partial charge in [-0.3, -0.25) is 9.59 Å². The van der Waals surface area contributed by atoms with Crippen LogP contribution >= 0.6 is 0 Å². The van der Waals surface area contributed by atoms with Crippen LogP contribution in [0, 0.1) is 19.7 Å². The third-order valence-electron chi connectivity index (χ3n) is 6.04. The molecule has 1 aromatic heterocycles. The predicted octanol–water partition coefficient (Wildman–Crippen LogP) is 3.18. The van der Waals surface area contributed by atoms with Crippen LogP contribution in [0.25, 0.3) is 11.6 Å². The Morgan fingerprint density at radius 1 is 1.19 bits per heavy atom. The second-order valence-corrected chi connectivity index (χ2v) is 8.41. The van der Waals surface area contributed by atoms with Crippen LogP contribution in [0.5, 0.6) is 0 Å². The molecule has 3 rings (SSSR count). The SMILES string of the molecule is CCN(CC)CCNC(=O)c1c(C)[nH]c(/C=C2\C(=O)Nc3ccc(F)cc32)c1C.CC[C@@H](O)C(=O)O. The van der Waals surface area contributed by atoms with Gasteiger partial charge in [-0.05, 0) is 63.2 Å². The Balaban J connectivity index is 0.000000572. The number of hydrogen-bond acceptors (Lipinski definition) is 5. The minimum absolute atomic E-state index is 0.143. The Hall–Kier alpha value is -3.50. The minimum Gasteiger partial charge on any atom is -0.479 e. The lowest BCUT2D eigenvalue weighted by molar-refractivity contribution is -0.146. The van der Waals surface area contributed by atoms with E-state index in [0.717, 1.165) is 30.9 Å². The molecular weight excluding hydrogens is 467 g/mol. The number of H-pyrrole nitrogens is 1. The van der Waals surface area contributed by atoms with Crippen LogP contribution in [0.2, 0.25) is 0 Å². The number of aromatic amines is 1. The van der Waals surface area contributed by atoms with Crippen molar-refractivity contribution in [3.8, 4) is 0 Å². The first-order valence-corrected chi connectivity index (χ1v) is 12.0. The van der Waals surface area contributed by atoms with Gasteiger partial charge in [0, 0.05) is 35.7 Å². The summed E-state index contributed by atoms with van der Waals surface area (Å²) in [4.78, 5) is 40.2. The van der Waals surface area contributed by atoms with Gasteiger partial charge in [-0.25, -0.2) is 9.18 Å². The van der Waals surface area contributed by atoms with Crippen molar-refractivity contribution in [1.82, 2.24) is 15.2 Å². The number of likely N-dealkylation sites (N-methyl/N-ethyl adjacent to an activating group) is 1. The molecule has 0 unspecified atom stereocenters. The number of hydrogen-bond donors (Lipinski definition) is 5. The summed E-state index contributed by atoms with van der Waals surface area (Å²) in [7, 11) is 0. The zero-order chi connectivity index (χ0) is 27.0. The fourth-order valence-corrected chi connectivity index (χ4v) is 3.84. The van der Waals surface area contributed by atoms with Crippen molar-refractivity contribution in [3.05, 3.63) is 52.1 Å². The fraction of sp³-hybridized carbons (Fsp3) is 0.423. The summed E-state index contributed by atoms with van der Waals surface area (Å²) in [6.45, 7) is 12.7. The van der Waals surface area contributed by atoms with Crippen molar-refractivity contribution in [2.75, 3.05) is 31.5 Å². The number of carbonyl (C=O) groups is 3. The highest BCUT2D eigenvalue weighted by molar-refractivity contribution is 6.34. The van der Waals surface area contributed by atoms with E-state index in [4.69, 9.17) is 10.2 Å². The van der Waals surface area contributed by atoms with E-state index in [9.17, 15) is 18.8 Å². The molecule has 1 aromatic carbocycles. The van der Waals surface area contributed by atoms with E-state index in [0.29, 0.717) is 34.6 Å². The summed E-state index contributed by atoms with van der Waals surface area (Å²) in [6, 6.07) is 4.20. The Labute approximate surface area is 210 Å². The molecule has 196 valence electrons. The number of benzene rings is 1. The minimum atomic E-state index is -1.18. The number of fused-ring (bicyclic) bond motifs is 1. The van der Waals surface area contributed by atoms with Crippen molar-refractivity contribution < 1.29 is 29.0 Å². The number of nitrogens with zero attached hydrogens (tertiary/aromatic N) is 1. The fourth-order valence-electron chi connectivity index (χ4n) is 3.84. The molecule has 0 aliphatic carbocycles. The quantitative estimate of drug-likeness (QED) is 0.334. The number of aliphatic carboxylic acids is 1. The maximum atomic E-state index is 13.7. The van der Waals surface area contributed by atoms with Crippen LogP contribution in [0.15, 0.2) is 18.2 Å². The lowest BCUT2D eigenvalue weighted by atomic mass is 10.0. The highest BCUT2D eigenvalue weighted by Crippen LogP contribution is 2.34. The van der Waals surface area contributed by atoms with Crippen molar-refractivity contribution >= 4 is 35.1 Å². The van der Waals surface area contributed by atoms with Gasteiger partial charge >= 0.3 is 5.97 Å². The van der Waals surface area contributed by atoms with E-state index in [-0.39, 0.29) is 18.2 Å². The van der Waals surface area contributed by atoms with Crippen LogP contribution in [0.3, 0.4) is 0 Å². The number of halogens is 1. The van der Waals surface area contributed by atoms with Gasteiger partial charge in [0.05, 0.1) is 11.1 Å². The molecule has 0 fully saturated rings. The molecule has 0 saturated heterocycles. The second kappa shape index (κ2) is 13.0. The Morgan fingerprint density at radius 2 is 1.86 bits per heavy atom. The van der Waals surface area contributed by atoms with Crippen LogP contribution in [0.4, 0.5) is 10.1 Å². The van der Waals surface area contributed by atoms with Crippen molar-refractivity contribution in [1.29, 1.82) is 0 Å². The van der Waals surface area contributed by atoms with Crippen molar-refractivity contribution in [2.45, 2.75) is 47.1 Å². The molecule has 9 nitrogen and oxygen atoms in total. The molecule has 0 spiro atoms. The zero-order valence-electron chi connectivity index (χ0n) is 21.4. The van der Waals surface area contributed by atoms with E-state index in [1.807, 2.05) is 13.8 Å². The molecule has 0 radical (unpaired) electrons. The number of carbonyl (C=O) groups excluding carboxylic acids is 2. The first-order chi connectivity index (χ1) is 17.0. The maximum Gasteiger partial charge on any atom is 0.332 e. The third-order valence-corrected chi connectivity index (χ3v) is 6.04. The van der Waals surface area contributed by atoms with Crippen molar-refractivity contribution in [3.63, 3.8) is 0 Å². The Kier molecular flexibility index (Phi) is 10.4. The molecule has 5 N–H and O–H groups in total. The van der Waals surface area contributed by atoms with E-state index in [1.165, 1.54) is 12.1 Å². The van der Waals surface area contributed by atoms with E-state index < -0.39 is 17.9 Å². The molecule has 1 atom stereocenters. The van der Waals surface area contributed by atoms with Gasteiger partial charge < -0.3 is 30.7 Å². The lowest BCUT2D eigenvalue weighted by Gasteiger charge is -2.18. The van der Waals surface area contributed by atoms with Crippen LogP contribution < -0.4 is 10.6 Å². The first-order valence-electron chi connectivity index (χ1n) is 12.0. The van der Waals surface area contributed by atoms with Gasteiger partial charge in [0.2, 0.25) is 0 Å². The van der Waals surface area contributed by atoms with Crippen LogP contribution in [-0.4, -0.2) is 70.2 Å². The molecule has 2 aromatic rings. The van der Waals surface area contributed by atoms with Gasteiger partial charge in [-0.1, -0.05) is 20.8 Å². The number of carboxylic acid groups (broad SMARTS) is 1. The van der Waals surface area contributed by atoms with Gasteiger partial charge in [0.15, 0.2) is 6.10 Å².